The molecule has 3 amide bonds. The molecule has 2 aromatic rings. The maximum atomic E-state index is 12.6. The number of amides is 3. The van der Waals surface area contributed by atoms with E-state index in [9.17, 15) is 19.2 Å². The largest absolute Gasteiger partial charge is 0.467 e. The van der Waals surface area contributed by atoms with E-state index in [0.717, 1.165) is 5.56 Å². The molecule has 3 rings (SSSR count). The van der Waals surface area contributed by atoms with Crippen molar-refractivity contribution < 1.29 is 23.9 Å². The van der Waals surface area contributed by atoms with Gasteiger partial charge in [-0.3, -0.25) is 14.4 Å². The number of carbonyl (C=O) groups excluding carboxylic acids is 4. The molecule has 1 fully saturated rings. The standard InChI is InChI=1S/C22H23N3O5/c1-30-22(29)18(13-14-5-3-2-4-6-14)25-20(27)15-7-9-16(10-8-15)23-21(28)17-11-12-19(26)24-17/h2-10,17-18H,11-13H2,1H3,(H,23,28)(H,24,26)(H,25,27)/t17-,18-/m0/s1. The second-order valence-corrected chi connectivity index (χ2v) is 6.96. The zero-order chi connectivity index (χ0) is 21.5. The number of rotatable bonds is 7. The van der Waals surface area contributed by atoms with Gasteiger partial charge in [-0.2, -0.15) is 0 Å². The van der Waals surface area contributed by atoms with Crippen LogP contribution < -0.4 is 16.0 Å². The minimum Gasteiger partial charge on any atom is -0.467 e. The van der Waals surface area contributed by atoms with E-state index in [-0.39, 0.29) is 11.8 Å². The van der Waals surface area contributed by atoms with Crippen LogP contribution in [0.3, 0.4) is 0 Å². The lowest BCUT2D eigenvalue weighted by molar-refractivity contribution is -0.142. The quantitative estimate of drug-likeness (QED) is 0.599. The molecule has 0 radical (unpaired) electrons. The predicted molar refractivity (Wildman–Crippen MR) is 110 cm³/mol. The summed E-state index contributed by atoms with van der Waals surface area (Å²) < 4.78 is 4.81. The minimum atomic E-state index is -0.824. The normalized spacial score (nSPS) is 16.3. The van der Waals surface area contributed by atoms with E-state index in [4.69, 9.17) is 4.74 Å². The number of esters is 1. The van der Waals surface area contributed by atoms with Crippen molar-refractivity contribution in [1.82, 2.24) is 10.6 Å². The first-order valence-electron chi connectivity index (χ1n) is 9.59. The third kappa shape index (κ3) is 5.44. The molecular weight excluding hydrogens is 386 g/mol. The van der Waals surface area contributed by atoms with E-state index in [1.54, 1.807) is 24.3 Å². The molecule has 2 aromatic carbocycles. The Hall–Kier alpha value is -3.68. The predicted octanol–water partition coefficient (Wildman–Crippen LogP) is 1.42. The zero-order valence-corrected chi connectivity index (χ0v) is 16.5. The Morgan fingerprint density at radius 2 is 1.80 bits per heavy atom. The highest BCUT2D eigenvalue weighted by Gasteiger charge is 2.27. The monoisotopic (exact) mass is 409 g/mol. The molecule has 156 valence electrons. The number of hydrogen-bond donors (Lipinski definition) is 3. The van der Waals surface area contributed by atoms with Gasteiger partial charge in [-0.25, -0.2) is 4.79 Å². The van der Waals surface area contributed by atoms with Gasteiger partial charge in [0.05, 0.1) is 7.11 Å². The van der Waals surface area contributed by atoms with Gasteiger partial charge in [0.25, 0.3) is 5.91 Å². The Morgan fingerprint density at radius 1 is 1.10 bits per heavy atom. The summed E-state index contributed by atoms with van der Waals surface area (Å²) in [7, 11) is 1.27. The van der Waals surface area contributed by atoms with Crippen molar-refractivity contribution in [1.29, 1.82) is 0 Å². The number of hydrogen-bond acceptors (Lipinski definition) is 5. The molecule has 1 heterocycles. The second kappa shape index (κ2) is 9.69. The molecule has 30 heavy (non-hydrogen) atoms. The Labute approximate surface area is 174 Å². The second-order valence-electron chi connectivity index (χ2n) is 6.96. The molecule has 0 bridgehead atoms. The average molecular weight is 409 g/mol. The van der Waals surface area contributed by atoms with Gasteiger partial charge in [0.15, 0.2) is 0 Å². The molecule has 1 saturated heterocycles. The van der Waals surface area contributed by atoms with Gasteiger partial charge >= 0.3 is 5.97 Å². The lowest BCUT2D eigenvalue weighted by Crippen LogP contribution is -2.43. The molecule has 1 aliphatic heterocycles. The van der Waals surface area contributed by atoms with Gasteiger partial charge in [-0.1, -0.05) is 30.3 Å². The van der Waals surface area contributed by atoms with Crippen molar-refractivity contribution in [2.45, 2.75) is 31.3 Å². The van der Waals surface area contributed by atoms with Crippen LogP contribution >= 0.6 is 0 Å². The van der Waals surface area contributed by atoms with E-state index >= 15 is 0 Å². The van der Waals surface area contributed by atoms with Crippen LogP contribution in [0.25, 0.3) is 0 Å². The van der Waals surface area contributed by atoms with Crippen LogP contribution in [0.1, 0.15) is 28.8 Å². The van der Waals surface area contributed by atoms with Crippen molar-refractivity contribution in [2.75, 3.05) is 12.4 Å². The molecule has 8 nitrogen and oxygen atoms in total. The SMILES string of the molecule is COC(=O)[C@H](Cc1ccccc1)NC(=O)c1ccc(NC(=O)[C@@H]2CCC(=O)N2)cc1. The third-order valence-electron chi connectivity index (χ3n) is 4.80. The fraction of sp³-hybridized carbons (Fsp3) is 0.273. The van der Waals surface area contributed by atoms with Gasteiger partial charge in [-0.05, 0) is 36.2 Å². The van der Waals surface area contributed by atoms with Crippen molar-refractivity contribution in [3.8, 4) is 0 Å². The van der Waals surface area contributed by atoms with Crippen LogP contribution in [0.15, 0.2) is 54.6 Å². The summed E-state index contributed by atoms with van der Waals surface area (Å²) in [6.45, 7) is 0. The van der Waals surface area contributed by atoms with Crippen LogP contribution in [-0.2, 0) is 25.5 Å². The van der Waals surface area contributed by atoms with Gasteiger partial charge in [0.1, 0.15) is 12.1 Å². The van der Waals surface area contributed by atoms with Crippen LogP contribution in [0.5, 0.6) is 0 Å². The summed E-state index contributed by atoms with van der Waals surface area (Å²) in [5.41, 5.74) is 1.74. The fourth-order valence-corrected chi connectivity index (χ4v) is 3.17. The van der Waals surface area contributed by atoms with E-state index in [0.29, 0.717) is 30.5 Å². The lowest BCUT2D eigenvalue weighted by atomic mass is 10.1. The molecule has 2 atom stereocenters. The number of nitrogens with one attached hydrogen (secondary N) is 3. The maximum Gasteiger partial charge on any atom is 0.328 e. The number of benzene rings is 2. The summed E-state index contributed by atoms with van der Waals surface area (Å²) in [4.78, 5) is 48.1. The number of methoxy groups -OCH3 is 1. The molecule has 8 heteroatoms. The molecule has 0 aromatic heterocycles. The Kier molecular flexibility index (Phi) is 6.79. The highest BCUT2D eigenvalue weighted by molar-refractivity contribution is 6.00. The van der Waals surface area contributed by atoms with Gasteiger partial charge in [0, 0.05) is 24.1 Å². The minimum absolute atomic E-state index is 0.141. The summed E-state index contributed by atoms with van der Waals surface area (Å²) in [5.74, 6) is -1.40. The highest BCUT2D eigenvalue weighted by Crippen LogP contribution is 2.14. The molecule has 0 unspecified atom stereocenters. The third-order valence-corrected chi connectivity index (χ3v) is 4.80. The number of carbonyl (C=O) groups is 4. The summed E-state index contributed by atoms with van der Waals surface area (Å²) in [6.07, 6.45) is 1.10. The molecule has 0 saturated carbocycles. The molecule has 0 aliphatic carbocycles. The van der Waals surface area contributed by atoms with Gasteiger partial charge in [-0.15, -0.1) is 0 Å². The van der Waals surface area contributed by atoms with Crippen LogP contribution in [0.4, 0.5) is 5.69 Å². The van der Waals surface area contributed by atoms with Gasteiger partial charge in [0.2, 0.25) is 11.8 Å². The van der Waals surface area contributed by atoms with E-state index in [1.807, 2.05) is 30.3 Å². The topological polar surface area (TPSA) is 114 Å². The smallest absolute Gasteiger partial charge is 0.328 e. The average Bonchev–Trinajstić information content (AvgIpc) is 3.20. The first kappa shape index (κ1) is 21.0. The maximum absolute atomic E-state index is 12.6. The van der Waals surface area contributed by atoms with Crippen molar-refractivity contribution >= 4 is 29.4 Å². The highest BCUT2D eigenvalue weighted by atomic mass is 16.5. The Morgan fingerprint density at radius 3 is 2.40 bits per heavy atom. The van der Waals surface area contributed by atoms with Gasteiger partial charge < -0.3 is 20.7 Å². The summed E-state index contributed by atoms with van der Waals surface area (Å²) in [6, 6.07) is 14.2. The zero-order valence-electron chi connectivity index (χ0n) is 16.5. The molecular formula is C22H23N3O5. The van der Waals surface area contributed by atoms with Crippen LogP contribution in [0.2, 0.25) is 0 Å². The first-order valence-corrected chi connectivity index (χ1v) is 9.59. The Balaban J connectivity index is 1.61. The van der Waals surface area contributed by atoms with Crippen molar-refractivity contribution in [3.63, 3.8) is 0 Å². The number of ether oxygens (including phenoxy) is 1. The molecule has 0 spiro atoms. The number of anilines is 1. The fourth-order valence-electron chi connectivity index (χ4n) is 3.17. The van der Waals surface area contributed by atoms with E-state index in [2.05, 4.69) is 16.0 Å². The lowest BCUT2D eigenvalue weighted by Gasteiger charge is -2.17. The summed E-state index contributed by atoms with van der Waals surface area (Å²) in [5, 5.41) is 8.01. The van der Waals surface area contributed by atoms with E-state index in [1.165, 1.54) is 7.11 Å². The van der Waals surface area contributed by atoms with E-state index < -0.39 is 24.0 Å². The van der Waals surface area contributed by atoms with Crippen LogP contribution in [0, 0.1) is 0 Å². The molecule has 1 aliphatic rings. The molecule has 3 N–H and O–H groups in total. The summed E-state index contributed by atoms with van der Waals surface area (Å²) >= 11 is 0. The van der Waals surface area contributed by atoms with Crippen molar-refractivity contribution in [2.24, 2.45) is 0 Å². The van der Waals surface area contributed by atoms with Crippen molar-refractivity contribution in [3.05, 3.63) is 65.7 Å². The Bertz CT molecular complexity index is 928. The first-order chi connectivity index (χ1) is 14.5. The van der Waals surface area contributed by atoms with Crippen LogP contribution in [-0.4, -0.2) is 42.9 Å².